The van der Waals surface area contributed by atoms with Gasteiger partial charge in [0.15, 0.2) is 0 Å². The van der Waals surface area contributed by atoms with Crippen LogP contribution in [0.4, 0.5) is 5.69 Å². The zero-order valence-electron chi connectivity index (χ0n) is 19.6. The molecule has 2 N–H and O–H groups in total. The maximum atomic E-state index is 13.6. The van der Waals surface area contributed by atoms with Crippen molar-refractivity contribution in [2.75, 3.05) is 25.5 Å². The van der Waals surface area contributed by atoms with Crippen molar-refractivity contribution in [2.45, 2.75) is 58.9 Å². The Labute approximate surface area is 187 Å². The van der Waals surface area contributed by atoms with Crippen LogP contribution in [-0.4, -0.2) is 54.1 Å². The van der Waals surface area contributed by atoms with Crippen molar-refractivity contribution in [1.82, 2.24) is 15.1 Å². The molecular weight excluding hydrogens is 384 g/mol. The fourth-order valence-corrected chi connectivity index (χ4v) is 4.17. The third-order valence-electron chi connectivity index (χ3n) is 6.28. The van der Waals surface area contributed by atoms with Crippen molar-refractivity contribution in [3.8, 4) is 0 Å². The van der Waals surface area contributed by atoms with Crippen LogP contribution in [0.3, 0.4) is 0 Å². The van der Waals surface area contributed by atoms with Gasteiger partial charge in [0.05, 0.1) is 5.56 Å². The number of hydrogen-bond donors (Lipinski definition) is 2. The standard InChI is InChI=1S/C26H38N4O/c1-19(2)15-16-29(17-20(3)27-5)21(4)25-28-24-14-10-9-13-23(24)26(31)30(25)18-22-11-7-6-8-12-22/h6-14,19-21,25,27-28H,15-18H2,1-5H3. The summed E-state index contributed by atoms with van der Waals surface area (Å²) >= 11 is 0. The molecule has 0 bridgehead atoms. The van der Waals surface area contributed by atoms with Crippen molar-refractivity contribution in [3.63, 3.8) is 0 Å². The topological polar surface area (TPSA) is 47.6 Å². The lowest BCUT2D eigenvalue weighted by Gasteiger charge is -2.45. The van der Waals surface area contributed by atoms with E-state index in [1.807, 2.05) is 54.4 Å². The first kappa shape index (κ1) is 23.3. The number of carbonyl (C=O) groups is 1. The summed E-state index contributed by atoms with van der Waals surface area (Å²) in [4.78, 5) is 18.1. The molecule has 3 unspecified atom stereocenters. The first-order chi connectivity index (χ1) is 14.9. The summed E-state index contributed by atoms with van der Waals surface area (Å²) in [6.07, 6.45) is 1.04. The molecule has 31 heavy (non-hydrogen) atoms. The number of likely N-dealkylation sites (N-methyl/N-ethyl adjacent to an activating group) is 1. The molecule has 1 aliphatic heterocycles. The number of hydrogen-bond acceptors (Lipinski definition) is 4. The lowest BCUT2D eigenvalue weighted by atomic mass is 10.0. The summed E-state index contributed by atoms with van der Waals surface area (Å²) in [6.45, 7) is 11.5. The number of rotatable bonds is 10. The van der Waals surface area contributed by atoms with E-state index in [0.29, 0.717) is 18.5 Å². The van der Waals surface area contributed by atoms with Crippen LogP contribution in [0.15, 0.2) is 54.6 Å². The van der Waals surface area contributed by atoms with Gasteiger partial charge in [-0.15, -0.1) is 0 Å². The highest BCUT2D eigenvalue weighted by molar-refractivity contribution is 6.01. The predicted octanol–water partition coefficient (Wildman–Crippen LogP) is 4.43. The number of amides is 1. The number of nitrogens with one attached hydrogen (secondary N) is 2. The van der Waals surface area contributed by atoms with Crippen LogP contribution in [0.1, 0.15) is 50.0 Å². The average Bonchev–Trinajstić information content (AvgIpc) is 2.78. The molecule has 1 aliphatic rings. The Hall–Kier alpha value is -2.37. The summed E-state index contributed by atoms with van der Waals surface area (Å²) in [5.74, 6) is 0.738. The van der Waals surface area contributed by atoms with Gasteiger partial charge in [-0.25, -0.2) is 0 Å². The van der Waals surface area contributed by atoms with Gasteiger partial charge < -0.3 is 15.5 Å². The van der Waals surface area contributed by atoms with Gasteiger partial charge in [0.1, 0.15) is 6.17 Å². The minimum absolute atomic E-state index is 0.0977. The van der Waals surface area contributed by atoms with Gasteiger partial charge in [-0.05, 0) is 57.5 Å². The highest BCUT2D eigenvalue weighted by Gasteiger charge is 2.37. The zero-order valence-corrected chi connectivity index (χ0v) is 19.6. The van der Waals surface area contributed by atoms with E-state index in [-0.39, 0.29) is 18.1 Å². The van der Waals surface area contributed by atoms with Crippen LogP contribution < -0.4 is 10.6 Å². The maximum absolute atomic E-state index is 13.6. The molecule has 0 aromatic heterocycles. The first-order valence-electron chi connectivity index (χ1n) is 11.5. The van der Waals surface area contributed by atoms with Crippen molar-refractivity contribution < 1.29 is 4.79 Å². The Balaban J connectivity index is 1.91. The highest BCUT2D eigenvalue weighted by Crippen LogP contribution is 2.29. The van der Waals surface area contributed by atoms with Crippen molar-refractivity contribution in [2.24, 2.45) is 5.92 Å². The zero-order chi connectivity index (χ0) is 22.4. The van der Waals surface area contributed by atoms with Crippen LogP contribution >= 0.6 is 0 Å². The number of benzene rings is 2. The average molecular weight is 423 g/mol. The van der Waals surface area contributed by atoms with Crippen molar-refractivity contribution in [3.05, 3.63) is 65.7 Å². The molecule has 0 radical (unpaired) electrons. The van der Waals surface area contributed by atoms with E-state index >= 15 is 0 Å². The molecule has 168 valence electrons. The molecule has 1 heterocycles. The summed E-state index contributed by atoms with van der Waals surface area (Å²) < 4.78 is 0. The minimum atomic E-state index is -0.0983. The van der Waals surface area contributed by atoms with Crippen LogP contribution in [-0.2, 0) is 6.54 Å². The Kier molecular flexibility index (Phi) is 8.10. The van der Waals surface area contributed by atoms with Gasteiger partial charge >= 0.3 is 0 Å². The Bertz CT molecular complexity index is 838. The number of para-hydroxylation sites is 1. The molecule has 2 aromatic rings. The summed E-state index contributed by atoms with van der Waals surface area (Å²) in [5, 5.41) is 7.07. The van der Waals surface area contributed by atoms with Crippen LogP contribution in [0.5, 0.6) is 0 Å². The van der Waals surface area contributed by atoms with Crippen LogP contribution in [0.2, 0.25) is 0 Å². The van der Waals surface area contributed by atoms with E-state index < -0.39 is 0 Å². The fraction of sp³-hybridized carbons (Fsp3) is 0.500. The van der Waals surface area contributed by atoms with Gasteiger partial charge in [0, 0.05) is 30.9 Å². The van der Waals surface area contributed by atoms with E-state index in [4.69, 9.17) is 0 Å². The fourth-order valence-electron chi connectivity index (χ4n) is 4.17. The molecule has 0 saturated carbocycles. The SMILES string of the molecule is CNC(C)CN(CCC(C)C)C(C)C1Nc2ccccc2C(=O)N1Cc1ccccc1. The molecule has 1 amide bonds. The monoisotopic (exact) mass is 422 g/mol. The van der Waals surface area contributed by atoms with Crippen molar-refractivity contribution >= 4 is 11.6 Å². The molecule has 5 heteroatoms. The number of fused-ring (bicyclic) bond motifs is 1. The quantitative estimate of drug-likeness (QED) is 0.595. The lowest BCUT2D eigenvalue weighted by molar-refractivity contribution is 0.0499. The maximum Gasteiger partial charge on any atom is 0.257 e. The first-order valence-corrected chi connectivity index (χ1v) is 11.5. The third-order valence-corrected chi connectivity index (χ3v) is 6.28. The Morgan fingerprint density at radius 1 is 1.03 bits per heavy atom. The molecule has 3 rings (SSSR count). The van der Waals surface area contributed by atoms with E-state index in [2.05, 4.69) is 55.4 Å². The van der Waals surface area contributed by atoms with Gasteiger partial charge in [-0.2, -0.15) is 0 Å². The molecule has 0 saturated heterocycles. The molecule has 0 aliphatic carbocycles. The Morgan fingerprint density at radius 2 is 1.71 bits per heavy atom. The van der Waals surface area contributed by atoms with Gasteiger partial charge in [-0.1, -0.05) is 56.3 Å². The molecule has 3 atom stereocenters. The number of carbonyl (C=O) groups excluding carboxylic acids is 1. The number of anilines is 1. The van der Waals surface area contributed by atoms with E-state index in [0.717, 1.165) is 36.3 Å². The molecular formula is C26H38N4O. The lowest BCUT2D eigenvalue weighted by Crippen LogP contribution is -2.59. The highest BCUT2D eigenvalue weighted by atomic mass is 16.2. The molecule has 0 spiro atoms. The smallest absolute Gasteiger partial charge is 0.257 e. The van der Waals surface area contributed by atoms with E-state index in [9.17, 15) is 4.79 Å². The second kappa shape index (κ2) is 10.8. The van der Waals surface area contributed by atoms with E-state index in [1.165, 1.54) is 0 Å². The van der Waals surface area contributed by atoms with Crippen molar-refractivity contribution in [1.29, 1.82) is 0 Å². The van der Waals surface area contributed by atoms with Gasteiger partial charge in [-0.3, -0.25) is 9.69 Å². The van der Waals surface area contributed by atoms with Gasteiger partial charge in [0.25, 0.3) is 5.91 Å². The Morgan fingerprint density at radius 3 is 2.39 bits per heavy atom. The second-order valence-corrected chi connectivity index (χ2v) is 9.16. The van der Waals surface area contributed by atoms with Gasteiger partial charge in [0.2, 0.25) is 0 Å². The third kappa shape index (κ3) is 5.86. The summed E-state index contributed by atoms with van der Waals surface area (Å²) in [6, 6.07) is 18.7. The van der Waals surface area contributed by atoms with Crippen LogP contribution in [0, 0.1) is 5.92 Å². The predicted molar refractivity (Wildman–Crippen MR) is 129 cm³/mol. The number of nitrogens with zero attached hydrogens (tertiary/aromatic N) is 2. The molecule has 5 nitrogen and oxygen atoms in total. The summed E-state index contributed by atoms with van der Waals surface area (Å²) in [5.41, 5.74) is 2.82. The molecule has 2 aromatic carbocycles. The second-order valence-electron chi connectivity index (χ2n) is 9.16. The molecule has 0 fully saturated rings. The summed E-state index contributed by atoms with van der Waals surface area (Å²) in [7, 11) is 2.01. The van der Waals surface area contributed by atoms with Crippen LogP contribution in [0.25, 0.3) is 0 Å². The van der Waals surface area contributed by atoms with E-state index in [1.54, 1.807) is 0 Å². The normalized spacial score (nSPS) is 18.1. The minimum Gasteiger partial charge on any atom is -0.363 e. The largest absolute Gasteiger partial charge is 0.363 e.